The fraction of sp³-hybridized carbons (Fsp3) is 0.444. The summed E-state index contributed by atoms with van der Waals surface area (Å²) in [6.45, 7) is 4.25. The summed E-state index contributed by atoms with van der Waals surface area (Å²) in [5.41, 5.74) is 1.37. The van der Waals surface area contributed by atoms with Crippen LogP contribution in [-0.4, -0.2) is 27.3 Å². The van der Waals surface area contributed by atoms with Crippen LogP contribution in [-0.2, 0) is 0 Å². The van der Waals surface area contributed by atoms with E-state index in [0.29, 0.717) is 5.65 Å². The first-order chi connectivity index (χ1) is 6.83. The Morgan fingerprint density at radius 1 is 1.43 bits per heavy atom. The molecule has 0 spiro atoms. The van der Waals surface area contributed by atoms with Crippen molar-refractivity contribution < 1.29 is 4.84 Å². The van der Waals surface area contributed by atoms with Gasteiger partial charge in [-0.15, -0.1) is 5.10 Å². The topological polar surface area (TPSA) is 52.8 Å². The highest BCUT2D eigenvalue weighted by molar-refractivity contribution is 5.68. The Morgan fingerprint density at radius 2 is 2.14 bits per heavy atom. The average Bonchev–Trinajstić information content (AvgIpc) is 2.62. The van der Waals surface area contributed by atoms with E-state index >= 15 is 0 Å². The minimum atomic E-state index is 0.592. The third-order valence-electron chi connectivity index (χ3n) is 1.37. The molecule has 5 heteroatoms. The molecule has 0 saturated carbocycles. The molecule has 0 amide bonds. The van der Waals surface area contributed by atoms with Crippen LogP contribution in [0.3, 0.4) is 0 Å². The van der Waals surface area contributed by atoms with Gasteiger partial charge in [-0.3, -0.25) is 0 Å². The Labute approximate surface area is 82.7 Å². The molecular weight excluding hydrogens is 180 g/mol. The van der Waals surface area contributed by atoms with Gasteiger partial charge >= 0.3 is 0 Å². The van der Waals surface area contributed by atoms with Crippen molar-refractivity contribution in [2.45, 2.75) is 20.3 Å². The molecule has 0 N–H and O–H groups in total. The van der Waals surface area contributed by atoms with Crippen LogP contribution in [0.2, 0.25) is 0 Å². The Kier molecular flexibility index (Phi) is 3.84. The van der Waals surface area contributed by atoms with E-state index < -0.39 is 0 Å². The van der Waals surface area contributed by atoms with Gasteiger partial charge in [0.25, 0.3) is 0 Å². The number of hydrogen-bond acceptors (Lipinski definition) is 4. The van der Waals surface area contributed by atoms with Crippen molar-refractivity contribution in [3.8, 4) is 0 Å². The molecule has 0 fully saturated rings. The number of fused-ring (bicyclic) bond motifs is 1. The summed E-state index contributed by atoms with van der Waals surface area (Å²) < 4.78 is 0. The van der Waals surface area contributed by atoms with Crippen LogP contribution in [0.25, 0.3) is 11.2 Å². The van der Waals surface area contributed by atoms with Crippen molar-refractivity contribution in [3.05, 3.63) is 18.3 Å². The second kappa shape index (κ2) is 5.16. The summed E-state index contributed by atoms with van der Waals surface area (Å²) in [4.78, 5) is 10.2. The molecule has 0 radical (unpaired) electrons. The quantitative estimate of drug-likeness (QED) is 0.686. The van der Waals surface area contributed by atoms with Crippen LogP contribution in [0, 0.1) is 0 Å². The van der Waals surface area contributed by atoms with E-state index in [9.17, 15) is 0 Å². The predicted octanol–water partition coefficient (Wildman–Crippen LogP) is 1.30. The normalized spacial score (nSPS) is 9.36. The van der Waals surface area contributed by atoms with Crippen molar-refractivity contribution in [2.24, 2.45) is 0 Å². The second-order valence-corrected chi connectivity index (χ2v) is 2.70. The van der Waals surface area contributed by atoms with Gasteiger partial charge in [0.1, 0.15) is 12.6 Å². The lowest BCUT2D eigenvalue weighted by molar-refractivity contribution is 0.139. The fourth-order valence-electron chi connectivity index (χ4n) is 0.881. The number of aromatic nitrogens is 4. The molecule has 76 valence electrons. The van der Waals surface area contributed by atoms with Gasteiger partial charge in [0.2, 0.25) is 5.65 Å². The monoisotopic (exact) mass is 194 g/mol. The van der Waals surface area contributed by atoms with Crippen LogP contribution >= 0.6 is 0 Å². The van der Waals surface area contributed by atoms with Gasteiger partial charge in [0.05, 0.1) is 0 Å². The maximum absolute atomic E-state index is 4.87. The van der Waals surface area contributed by atoms with Crippen LogP contribution in [0.4, 0.5) is 0 Å². The molecule has 0 aromatic carbocycles. The van der Waals surface area contributed by atoms with Crippen LogP contribution in [0.1, 0.15) is 20.3 Å². The Hall–Kier alpha value is -1.65. The van der Waals surface area contributed by atoms with E-state index in [1.165, 1.54) is 18.4 Å². The van der Waals surface area contributed by atoms with E-state index in [1.54, 1.807) is 12.3 Å². The molecule has 0 bridgehead atoms. The number of pyridine rings is 1. The molecule has 2 aromatic rings. The van der Waals surface area contributed by atoms with Crippen LogP contribution in [0.15, 0.2) is 18.3 Å². The summed E-state index contributed by atoms with van der Waals surface area (Å²) in [5, 5.41) is 7.46. The Bertz CT molecular complexity index is 385. The highest BCUT2D eigenvalue weighted by Gasteiger charge is 2.01. The van der Waals surface area contributed by atoms with Gasteiger partial charge in [-0.2, -0.15) is 0 Å². The first kappa shape index (κ1) is 10.4. The Balaban J connectivity index is 0.000000293. The summed E-state index contributed by atoms with van der Waals surface area (Å²) in [6.07, 6.45) is 2.91. The van der Waals surface area contributed by atoms with Crippen molar-refractivity contribution >= 4 is 11.2 Å². The highest BCUT2D eigenvalue weighted by atomic mass is 16.7. The molecule has 5 nitrogen and oxygen atoms in total. The van der Waals surface area contributed by atoms with Crippen molar-refractivity contribution in [3.63, 3.8) is 0 Å². The van der Waals surface area contributed by atoms with Crippen molar-refractivity contribution in [1.29, 1.82) is 0 Å². The molecule has 2 rings (SSSR count). The summed E-state index contributed by atoms with van der Waals surface area (Å²) in [5.74, 6) is 0. The number of rotatable bonds is 1. The summed E-state index contributed by atoms with van der Waals surface area (Å²) in [7, 11) is 1.53. The highest BCUT2D eigenvalue weighted by Crippen LogP contribution is 2.03. The van der Waals surface area contributed by atoms with Gasteiger partial charge in [-0.25, -0.2) is 4.98 Å². The first-order valence-electron chi connectivity index (χ1n) is 4.54. The molecule has 0 aliphatic carbocycles. The van der Waals surface area contributed by atoms with E-state index in [0.717, 1.165) is 5.52 Å². The third kappa shape index (κ3) is 2.18. The zero-order valence-corrected chi connectivity index (χ0v) is 8.64. The van der Waals surface area contributed by atoms with Crippen LogP contribution < -0.4 is 4.84 Å². The molecule has 0 saturated heterocycles. The first-order valence-corrected chi connectivity index (χ1v) is 4.54. The predicted molar refractivity (Wildman–Crippen MR) is 53.8 cm³/mol. The van der Waals surface area contributed by atoms with E-state index in [-0.39, 0.29) is 0 Å². The standard InChI is InChI=1S/C6H6N4O.C3H8/c1-11-10-5-3-2-4-7-6(5)8-9-10;1-3-2/h2-4H,1H3;3H2,1-2H3. The maximum Gasteiger partial charge on any atom is 0.205 e. The molecular formula is C9H14N4O. The van der Waals surface area contributed by atoms with E-state index in [4.69, 9.17) is 4.84 Å². The van der Waals surface area contributed by atoms with Gasteiger partial charge in [0.15, 0.2) is 0 Å². The molecule has 2 aromatic heterocycles. The third-order valence-corrected chi connectivity index (χ3v) is 1.37. The minimum Gasteiger partial charge on any atom is -0.398 e. The molecule has 2 heterocycles. The van der Waals surface area contributed by atoms with Crippen LogP contribution in [0.5, 0.6) is 0 Å². The lowest BCUT2D eigenvalue weighted by Crippen LogP contribution is -2.06. The minimum absolute atomic E-state index is 0.592. The maximum atomic E-state index is 4.87. The lowest BCUT2D eigenvalue weighted by Gasteiger charge is -1.94. The number of hydrogen-bond donors (Lipinski definition) is 0. The summed E-state index contributed by atoms with van der Waals surface area (Å²) >= 11 is 0. The second-order valence-electron chi connectivity index (χ2n) is 2.70. The molecule has 14 heavy (non-hydrogen) atoms. The van der Waals surface area contributed by atoms with Crippen molar-refractivity contribution in [2.75, 3.05) is 7.11 Å². The fourth-order valence-corrected chi connectivity index (χ4v) is 0.881. The SMILES string of the molecule is CCC.COn1nnc2ncccc21. The Morgan fingerprint density at radius 3 is 2.79 bits per heavy atom. The van der Waals surface area contributed by atoms with Gasteiger partial charge in [-0.1, -0.05) is 25.1 Å². The summed E-state index contributed by atoms with van der Waals surface area (Å²) in [6, 6.07) is 3.65. The smallest absolute Gasteiger partial charge is 0.205 e. The molecule has 0 atom stereocenters. The molecule has 0 aliphatic heterocycles. The van der Waals surface area contributed by atoms with E-state index in [1.807, 2.05) is 6.07 Å². The van der Waals surface area contributed by atoms with Gasteiger partial charge in [0, 0.05) is 6.20 Å². The van der Waals surface area contributed by atoms with Gasteiger partial charge in [-0.05, 0) is 17.3 Å². The lowest BCUT2D eigenvalue weighted by atomic mass is 10.4. The average molecular weight is 194 g/mol. The number of nitrogens with zero attached hydrogens (tertiary/aromatic N) is 4. The zero-order valence-electron chi connectivity index (χ0n) is 8.64. The van der Waals surface area contributed by atoms with E-state index in [2.05, 4.69) is 29.1 Å². The van der Waals surface area contributed by atoms with Gasteiger partial charge < -0.3 is 4.84 Å². The zero-order chi connectivity index (χ0) is 10.4. The molecule has 0 aliphatic rings. The molecule has 0 unspecified atom stereocenters. The van der Waals surface area contributed by atoms with Crippen molar-refractivity contribution in [1.82, 2.24) is 20.1 Å². The largest absolute Gasteiger partial charge is 0.398 e.